The zero-order chi connectivity index (χ0) is 52.4. The molecule has 22 nitrogen and oxygen atoms in total. The van der Waals surface area contributed by atoms with Gasteiger partial charge in [-0.3, -0.25) is 47.9 Å². The molecule has 0 aromatic heterocycles. The highest BCUT2D eigenvalue weighted by Crippen LogP contribution is 2.28. The summed E-state index contributed by atoms with van der Waals surface area (Å²) in [7, 11) is 0. The molecule has 0 aliphatic carbocycles. The van der Waals surface area contributed by atoms with Crippen molar-refractivity contribution in [2.75, 3.05) is 39.3 Å². The van der Waals surface area contributed by atoms with Crippen LogP contribution >= 0.6 is 0 Å². The SMILES string of the molecule is CC[C@H](C)[C@@H]1NC(=O)[C@@H]2CCCN2C(=O)[C@H](CC(C)C)NC(=O)CNC(=O)[C@H]([C@@H](C)O)NC(=O)[C@H](CO)NC(=O)[C@@H]2CCCN2C(=O)[C@@H]2CCCN2C(=O)[C@H](Cc2ccccc2)NC(=O)[C@@H]2CCCN2C1=O. The fraction of sp³-hybridized carbons (Fsp3) is 0.680. The first-order chi connectivity index (χ1) is 34.3. The lowest BCUT2D eigenvalue weighted by atomic mass is 9.96. The van der Waals surface area contributed by atoms with E-state index < -0.39 is 139 Å². The summed E-state index contributed by atoms with van der Waals surface area (Å²) in [5, 5.41) is 36.5. The monoisotopic (exact) mass is 1010 g/mol. The van der Waals surface area contributed by atoms with Gasteiger partial charge in [0.2, 0.25) is 59.1 Å². The van der Waals surface area contributed by atoms with Gasteiger partial charge in [-0.2, -0.15) is 0 Å². The maximum Gasteiger partial charge on any atom is 0.246 e. The quantitative estimate of drug-likeness (QED) is 0.143. The molecular weight excluding hydrogens is 933 g/mol. The van der Waals surface area contributed by atoms with E-state index in [9.17, 15) is 58.2 Å². The molecule has 5 aliphatic rings. The average molecular weight is 1010 g/mol. The maximum absolute atomic E-state index is 14.8. The van der Waals surface area contributed by atoms with E-state index in [2.05, 4.69) is 31.9 Å². The Labute approximate surface area is 420 Å². The summed E-state index contributed by atoms with van der Waals surface area (Å²) in [6.07, 6.45) is 2.00. The second kappa shape index (κ2) is 25.0. The molecule has 396 valence electrons. The third kappa shape index (κ3) is 13.1. The summed E-state index contributed by atoms with van der Waals surface area (Å²) < 4.78 is 0. The highest BCUT2D eigenvalue weighted by molar-refractivity contribution is 6.00. The van der Waals surface area contributed by atoms with Gasteiger partial charge in [0.25, 0.3) is 0 Å². The van der Waals surface area contributed by atoms with Crippen molar-refractivity contribution in [3.05, 3.63) is 35.9 Å². The number of carbonyl (C=O) groups excluding carboxylic acids is 10. The van der Waals surface area contributed by atoms with Gasteiger partial charge in [-0.15, -0.1) is 0 Å². The molecular formula is C50H74N10O12. The number of nitrogens with zero attached hydrogens (tertiary/aromatic N) is 4. The molecule has 1 aromatic rings. The molecule has 0 radical (unpaired) electrons. The standard InChI is InChI=1S/C50H74N10O12/c1-6-29(4)40-50(72)59-22-12-17-36(59)43(65)53-33(25-31-14-8-7-9-15-31)48(70)60-23-13-19-38(60)49(71)58-21-11-16-35(58)44(66)54-34(27-61)42(64)56-41(30(5)62)46(68)51-26-39(63)52-32(24-28(2)3)47(69)57-20-10-18-37(57)45(67)55-40/h7-9,14-15,28-30,32-38,40-41,61-62H,6,10-13,16-27H2,1-5H3,(H,51,68)(H,52,63)(H,53,65)(H,54,66)(H,55,67)(H,56,64)/t29-,30+,32-,33-,34-,35-,36-,37-,38-,40-,41-/m0/s1. The Morgan fingerprint density at radius 3 is 1.54 bits per heavy atom. The number of hydrogen-bond donors (Lipinski definition) is 8. The summed E-state index contributed by atoms with van der Waals surface area (Å²) in [6, 6.07) is -1.72. The molecule has 5 saturated heterocycles. The van der Waals surface area contributed by atoms with Gasteiger partial charge in [0.05, 0.1) is 19.3 Å². The molecule has 5 aliphatic heterocycles. The van der Waals surface area contributed by atoms with Crippen LogP contribution < -0.4 is 31.9 Å². The number of rotatable bonds is 8. The third-order valence-corrected chi connectivity index (χ3v) is 14.7. The molecule has 0 bridgehead atoms. The molecule has 0 spiro atoms. The van der Waals surface area contributed by atoms with Crippen LogP contribution in [0.25, 0.3) is 0 Å². The van der Waals surface area contributed by atoms with E-state index in [0.29, 0.717) is 32.1 Å². The van der Waals surface area contributed by atoms with E-state index in [1.165, 1.54) is 26.5 Å². The van der Waals surface area contributed by atoms with Gasteiger partial charge in [-0.1, -0.05) is 64.4 Å². The number of fused-ring (bicyclic) bond motifs is 4. The van der Waals surface area contributed by atoms with E-state index in [4.69, 9.17) is 0 Å². The number of aliphatic hydroxyl groups excluding tert-OH is 2. The van der Waals surface area contributed by atoms with Crippen molar-refractivity contribution in [1.82, 2.24) is 51.5 Å². The van der Waals surface area contributed by atoms with E-state index >= 15 is 0 Å². The van der Waals surface area contributed by atoms with E-state index in [1.807, 2.05) is 45.9 Å². The van der Waals surface area contributed by atoms with Crippen LogP contribution in [0.5, 0.6) is 0 Å². The Hall–Kier alpha value is -6.16. The first kappa shape index (κ1) is 55.2. The minimum absolute atomic E-state index is 0.0598. The van der Waals surface area contributed by atoms with Crippen LogP contribution in [0.1, 0.15) is 104 Å². The van der Waals surface area contributed by atoms with Crippen molar-refractivity contribution in [1.29, 1.82) is 0 Å². The Morgan fingerprint density at radius 2 is 1.01 bits per heavy atom. The molecule has 5 fully saturated rings. The summed E-state index contributed by atoms with van der Waals surface area (Å²) >= 11 is 0. The second-order valence-electron chi connectivity index (χ2n) is 20.3. The maximum atomic E-state index is 14.8. The number of hydrogen-bond acceptors (Lipinski definition) is 12. The zero-order valence-corrected chi connectivity index (χ0v) is 42.1. The summed E-state index contributed by atoms with van der Waals surface area (Å²) in [5.74, 6) is -7.29. The average Bonchev–Trinajstić information content (AvgIpc) is 4.22. The lowest BCUT2D eigenvalue weighted by molar-refractivity contribution is -0.149. The molecule has 0 saturated carbocycles. The Bertz CT molecular complexity index is 2180. The van der Waals surface area contributed by atoms with Crippen molar-refractivity contribution < 1.29 is 58.2 Å². The second-order valence-corrected chi connectivity index (χ2v) is 20.3. The normalized spacial score (nSPS) is 30.1. The zero-order valence-electron chi connectivity index (χ0n) is 42.1. The molecule has 72 heavy (non-hydrogen) atoms. The smallest absolute Gasteiger partial charge is 0.246 e. The van der Waals surface area contributed by atoms with Crippen LogP contribution in [0.2, 0.25) is 0 Å². The number of amides is 10. The van der Waals surface area contributed by atoms with Crippen molar-refractivity contribution >= 4 is 59.1 Å². The molecule has 5 heterocycles. The van der Waals surface area contributed by atoms with Gasteiger partial charge < -0.3 is 61.7 Å². The largest absolute Gasteiger partial charge is 0.394 e. The highest BCUT2D eigenvalue weighted by Gasteiger charge is 2.47. The fourth-order valence-corrected chi connectivity index (χ4v) is 10.6. The summed E-state index contributed by atoms with van der Waals surface area (Å²) in [6.45, 7) is 7.71. The van der Waals surface area contributed by atoms with Gasteiger partial charge in [0.15, 0.2) is 0 Å². The van der Waals surface area contributed by atoms with Gasteiger partial charge in [0.1, 0.15) is 54.4 Å². The van der Waals surface area contributed by atoms with Gasteiger partial charge >= 0.3 is 0 Å². The number of aliphatic hydroxyl groups is 2. The molecule has 10 amide bonds. The lowest BCUT2D eigenvalue weighted by Crippen LogP contribution is -2.61. The van der Waals surface area contributed by atoms with E-state index in [0.717, 1.165) is 5.56 Å². The van der Waals surface area contributed by atoms with Crippen LogP contribution in [0.3, 0.4) is 0 Å². The molecule has 1 aromatic carbocycles. The van der Waals surface area contributed by atoms with Crippen molar-refractivity contribution in [3.8, 4) is 0 Å². The minimum Gasteiger partial charge on any atom is -0.394 e. The number of carbonyl (C=O) groups is 10. The van der Waals surface area contributed by atoms with Crippen LogP contribution in [0, 0.1) is 11.8 Å². The molecule has 0 unspecified atom stereocenters. The van der Waals surface area contributed by atoms with Crippen LogP contribution in [-0.4, -0.2) is 189 Å². The van der Waals surface area contributed by atoms with E-state index in [1.54, 1.807) is 12.1 Å². The summed E-state index contributed by atoms with van der Waals surface area (Å²) in [5.41, 5.74) is 0.728. The predicted octanol–water partition coefficient (Wildman–Crippen LogP) is -1.79. The van der Waals surface area contributed by atoms with Crippen LogP contribution in [0.4, 0.5) is 0 Å². The summed E-state index contributed by atoms with van der Waals surface area (Å²) in [4.78, 5) is 147. The first-order valence-corrected chi connectivity index (χ1v) is 25.7. The third-order valence-electron chi connectivity index (χ3n) is 14.7. The topological polar surface area (TPSA) is 296 Å². The molecule has 11 atom stereocenters. The number of benzene rings is 1. The lowest BCUT2D eigenvalue weighted by Gasteiger charge is -2.35. The minimum atomic E-state index is -1.66. The first-order valence-electron chi connectivity index (χ1n) is 25.7. The Kier molecular flexibility index (Phi) is 19.1. The van der Waals surface area contributed by atoms with Crippen molar-refractivity contribution in [2.45, 2.75) is 166 Å². The molecule has 8 N–H and O–H groups in total. The van der Waals surface area contributed by atoms with Crippen LogP contribution in [-0.2, 0) is 54.4 Å². The van der Waals surface area contributed by atoms with Crippen molar-refractivity contribution in [2.24, 2.45) is 11.8 Å². The number of nitrogens with one attached hydrogen (secondary N) is 6. The Balaban J connectivity index is 1.33. The van der Waals surface area contributed by atoms with Gasteiger partial charge in [0, 0.05) is 32.6 Å². The predicted molar refractivity (Wildman–Crippen MR) is 259 cm³/mol. The molecule has 6 rings (SSSR count). The van der Waals surface area contributed by atoms with Crippen molar-refractivity contribution in [3.63, 3.8) is 0 Å². The Morgan fingerprint density at radius 1 is 0.542 bits per heavy atom. The van der Waals surface area contributed by atoms with E-state index in [-0.39, 0.29) is 70.6 Å². The molecule has 22 heteroatoms. The highest BCUT2D eigenvalue weighted by atomic mass is 16.3. The fourth-order valence-electron chi connectivity index (χ4n) is 10.6. The van der Waals surface area contributed by atoms with Gasteiger partial charge in [-0.25, -0.2) is 0 Å². The van der Waals surface area contributed by atoms with Crippen LogP contribution in [0.15, 0.2) is 30.3 Å². The van der Waals surface area contributed by atoms with Gasteiger partial charge in [-0.05, 0) is 82.1 Å².